The zero-order valence-corrected chi connectivity index (χ0v) is 16.8. The first-order valence-corrected chi connectivity index (χ1v) is 10.4. The molecule has 3 aromatic rings. The molecule has 7 nitrogen and oxygen atoms in total. The van der Waals surface area contributed by atoms with E-state index in [2.05, 4.69) is 0 Å². The second-order valence-electron chi connectivity index (χ2n) is 6.95. The lowest BCUT2D eigenvalue weighted by molar-refractivity contribution is -0.134. The van der Waals surface area contributed by atoms with Crippen LogP contribution in [-0.4, -0.2) is 59.2 Å². The number of nitrogens with zero attached hydrogens (tertiary/aromatic N) is 3. The Morgan fingerprint density at radius 1 is 0.897 bits per heavy atom. The molecule has 0 N–H and O–H groups in total. The topological polar surface area (TPSA) is 70.1 Å². The molecule has 1 fully saturated rings. The van der Waals surface area contributed by atoms with E-state index in [1.165, 1.54) is 11.3 Å². The number of hydrogen-bond acceptors (Lipinski definition) is 6. The summed E-state index contributed by atoms with van der Waals surface area (Å²) in [6, 6.07) is 11.2. The maximum atomic E-state index is 12.9. The molecule has 0 saturated carbocycles. The summed E-state index contributed by atoms with van der Waals surface area (Å²) < 4.78 is 10.9. The van der Waals surface area contributed by atoms with Gasteiger partial charge in [0.25, 0.3) is 5.91 Å². The Labute approximate surface area is 173 Å². The monoisotopic (exact) mass is 413 g/mol. The Morgan fingerprint density at radius 3 is 2.03 bits per heavy atom. The third-order valence-corrected chi connectivity index (χ3v) is 5.79. The molecule has 0 unspecified atom stereocenters. The van der Waals surface area contributed by atoms with E-state index in [9.17, 15) is 9.59 Å². The van der Waals surface area contributed by atoms with Gasteiger partial charge < -0.3 is 18.6 Å². The average Bonchev–Trinajstić information content (AvgIpc) is 3.51. The Hall–Kier alpha value is -2.84. The molecule has 29 heavy (non-hydrogen) atoms. The maximum Gasteiger partial charge on any atom is 0.264 e. The molecule has 4 heterocycles. The fourth-order valence-electron chi connectivity index (χ4n) is 3.42. The van der Waals surface area contributed by atoms with Crippen molar-refractivity contribution in [1.82, 2.24) is 14.7 Å². The standard InChI is InChI=1S/C21H23N3O4S/c25-20(23-7-9-24(10-8-23)21(26)19-6-3-13-29-19)16-22(14-17-4-1-11-27-17)15-18-5-2-12-28-18/h1-6,11-13H,7-10,14-16H2. The second kappa shape index (κ2) is 9.11. The van der Waals surface area contributed by atoms with Crippen molar-refractivity contribution in [1.29, 1.82) is 0 Å². The van der Waals surface area contributed by atoms with Crippen LogP contribution in [0.4, 0.5) is 0 Å². The molecule has 0 aromatic carbocycles. The third kappa shape index (κ3) is 4.96. The molecule has 0 aliphatic carbocycles. The van der Waals surface area contributed by atoms with Gasteiger partial charge in [-0.2, -0.15) is 0 Å². The van der Waals surface area contributed by atoms with Gasteiger partial charge in [-0.05, 0) is 35.7 Å². The zero-order valence-electron chi connectivity index (χ0n) is 16.0. The molecule has 152 valence electrons. The minimum absolute atomic E-state index is 0.0457. The van der Waals surface area contributed by atoms with Crippen LogP contribution >= 0.6 is 11.3 Å². The number of furan rings is 2. The predicted molar refractivity (Wildman–Crippen MR) is 108 cm³/mol. The summed E-state index contributed by atoms with van der Waals surface area (Å²) in [7, 11) is 0. The number of rotatable bonds is 7. The fraction of sp³-hybridized carbons (Fsp3) is 0.333. The molecule has 1 aliphatic heterocycles. The third-order valence-electron chi connectivity index (χ3n) is 4.93. The van der Waals surface area contributed by atoms with E-state index >= 15 is 0 Å². The van der Waals surface area contributed by atoms with Crippen LogP contribution in [-0.2, 0) is 17.9 Å². The zero-order chi connectivity index (χ0) is 20.1. The lowest BCUT2D eigenvalue weighted by Gasteiger charge is -2.35. The Balaban J connectivity index is 1.33. The smallest absolute Gasteiger partial charge is 0.264 e. The van der Waals surface area contributed by atoms with Crippen LogP contribution < -0.4 is 0 Å². The van der Waals surface area contributed by atoms with Crippen LogP contribution in [0.5, 0.6) is 0 Å². The quantitative estimate of drug-likeness (QED) is 0.596. The molecular weight excluding hydrogens is 390 g/mol. The van der Waals surface area contributed by atoms with Gasteiger partial charge in [0.2, 0.25) is 5.91 Å². The number of carbonyl (C=O) groups excluding carboxylic acids is 2. The van der Waals surface area contributed by atoms with Crippen LogP contribution in [0.1, 0.15) is 21.2 Å². The van der Waals surface area contributed by atoms with Crippen LogP contribution in [0.15, 0.2) is 63.1 Å². The molecule has 1 aliphatic rings. The molecule has 3 aromatic heterocycles. The van der Waals surface area contributed by atoms with Crippen molar-refractivity contribution in [3.63, 3.8) is 0 Å². The normalized spacial score (nSPS) is 14.5. The van der Waals surface area contributed by atoms with E-state index in [1.54, 1.807) is 12.5 Å². The van der Waals surface area contributed by atoms with Crippen molar-refractivity contribution in [2.75, 3.05) is 32.7 Å². The van der Waals surface area contributed by atoms with E-state index in [0.717, 1.165) is 16.4 Å². The van der Waals surface area contributed by atoms with Crippen LogP contribution in [0.25, 0.3) is 0 Å². The fourth-order valence-corrected chi connectivity index (χ4v) is 4.11. The Morgan fingerprint density at radius 2 is 1.52 bits per heavy atom. The van der Waals surface area contributed by atoms with Gasteiger partial charge in [-0.3, -0.25) is 14.5 Å². The predicted octanol–water partition coefficient (Wildman–Crippen LogP) is 2.92. The number of amides is 2. The number of thiophene rings is 1. The minimum Gasteiger partial charge on any atom is -0.468 e. The van der Waals surface area contributed by atoms with E-state index in [0.29, 0.717) is 39.3 Å². The van der Waals surface area contributed by atoms with Gasteiger partial charge in [-0.1, -0.05) is 6.07 Å². The first-order valence-electron chi connectivity index (χ1n) is 9.57. The summed E-state index contributed by atoms with van der Waals surface area (Å²) >= 11 is 1.45. The van der Waals surface area contributed by atoms with Crippen molar-refractivity contribution in [2.24, 2.45) is 0 Å². The van der Waals surface area contributed by atoms with Gasteiger partial charge in [-0.25, -0.2) is 0 Å². The molecule has 0 bridgehead atoms. The van der Waals surface area contributed by atoms with Crippen LogP contribution in [0.3, 0.4) is 0 Å². The van der Waals surface area contributed by atoms with Gasteiger partial charge in [0.15, 0.2) is 0 Å². The first kappa shape index (κ1) is 19.5. The van der Waals surface area contributed by atoms with Gasteiger partial charge in [0.05, 0.1) is 37.0 Å². The van der Waals surface area contributed by atoms with E-state index in [-0.39, 0.29) is 18.4 Å². The highest BCUT2D eigenvalue weighted by Gasteiger charge is 2.26. The van der Waals surface area contributed by atoms with Gasteiger partial charge in [0.1, 0.15) is 11.5 Å². The average molecular weight is 413 g/mol. The minimum atomic E-state index is 0.0457. The summed E-state index contributed by atoms with van der Waals surface area (Å²) in [4.78, 5) is 31.8. The van der Waals surface area contributed by atoms with Crippen molar-refractivity contribution >= 4 is 23.2 Å². The van der Waals surface area contributed by atoms with Crippen molar-refractivity contribution < 1.29 is 18.4 Å². The molecule has 0 spiro atoms. The lowest BCUT2D eigenvalue weighted by Crippen LogP contribution is -2.52. The second-order valence-corrected chi connectivity index (χ2v) is 7.90. The molecule has 8 heteroatoms. The highest BCUT2D eigenvalue weighted by Crippen LogP contribution is 2.15. The van der Waals surface area contributed by atoms with E-state index in [4.69, 9.17) is 8.83 Å². The SMILES string of the molecule is O=C(CN(Cc1ccco1)Cc1ccco1)N1CCN(C(=O)c2cccs2)CC1. The van der Waals surface area contributed by atoms with Crippen molar-refractivity contribution in [3.8, 4) is 0 Å². The molecule has 2 amide bonds. The number of hydrogen-bond donors (Lipinski definition) is 0. The van der Waals surface area contributed by atoms with Crippen molar-refractivity contribution in [2.45, 2.75) is 13.1 Å². The summed E-state index contributed by atoms with van der Waals surface area (Å²) in [5, 5.41) is 1.90. The largest absolute Gasteiger partial charge is 0.468 e. The van der Waals surface area contributed by atoms with Gasteiger partial charge in [-0.15, -0.1) is 11.3 Å². The van der Waals surface area contributed by atoms with Crippen LogP contribution in [0.2, 0.25) is 0 Å². The summed E-state index contributed by atoms with van der Waals surface area (Å²) in [6.07, 6.45) is 3.26. The summed E-state index contributed by atoms with van der Waals surface area (Å²) in [5.74, 6) is 1.70. The van der Waals surface area contributed by atoms with Gasteiger partial charge in [0, 0.05) is 26.2 Å². The highest BCUT2D eigenvalue weighted by molar-refractivity contribution is 7.12. The first-order chi connectivity index (χ1) is 14.2. The Kier molecular flexibility index (Phi) is 6.12. The van der Waals surface area contributed by atoms with Gasteiger partial charge >= 0.3 is 0 Å². The van der Waals surface area contributed by atoms with Crippen molar-refractivity contribution in [3.05, 3.63) is 70.7 Å². The Bertz CT molecular complexity index is 862. The lowest BCUT2D eigenvalue weighted by atomic mass is 10.2. The molecule has 0 atom stereocenters. The van der Waals surface area contributed by atoms with E-state index < -0.39 is 0 Å². The molecule has 4 rings (SSSR count). The molecule has 0 radical (unpaired) electrons. The number of piperazine rings is 1. The van der Waals surface area contributed by atoms with E-state index in [1.807, 2.05) is 56.5 Å². The molecular formula is C21H23N3O4S. The highest BCUT2D eigenvalue weighted by atomic mass is 32.1. The molecule has 1 saturated heterocycles. The van der Waals surface area contributed by atoms with Crippen LogP contribution in [0, 0.1) is 0 Å². The number of carbonyl (C=O) groups is 2. The maximum absolute atomic E-state index is 12.9. The summed E-state index contributed by atoms with van der Waals surface area (Å²) in [6.45, 7) is 3.51. The summed E-state index contributed by atoms with van der Waals surface area (Å²) in [5.41, 5.74) is 0.